The largest absolute Gasteiger partial charge is 0.490 e. The highest BCUT2D eigenvalue weighted by Gasteiger charge is 2.24. The molecule has 0 spiro atoms. The van der Waals surface area contributed by atoms with Gasteiger partial charge in [0.2, 0.25) is 0 Å². The topological polar surface area (TPSA) is 56.6 Å². The molecule has 26 heavy (non-hydrogen) atoms. The highest BCUT2D eigenvalue weighted by atomic mass is 16.5. The molecular formula is C20H27N3O3. The molecule has 6 heteroatoms. The molecule has 0 aliphatic carbocycles. The molecule has 1 aliphatic heterocycles. The highest BCUT2D eigenvalue weighted by Crippen LogP contribution is 2.29. The SMILES string of the molecule is CCOc1ccc(C(=O)N2CCC(Cn3cccn3)CC2)cc1OCC. The first-order valence-electron chi connectivity index (χ1n) is 9.37. The van der Waals surface area contributed by atoms with Crippen LogP contribution in [-0.4, -0.2) is 46.9 Å². The Morgan fingerprint density at radius 1 is 1.15 bits per heavy atom. The summed E-state index contributed by atoms with van der Waals surface area (Å²) in [5, 5.41) is 4.27. The van der Waals surface area contributed by atoms with E-state index in [1.165, 1.54) is 0 Å². The van der Waals surface area contributed by atoms with Crippen LogP contribution in [0.4, 0.5) is 0 Å². The zero-order valence-corrected chi connectivity index (χ0v) is 15.6. The van der Waals surface area contributed by atoms with Gasteiger partial charge in [0, 0.05) is 37.6 Å². The summed E-state index contributed by atoms with van der Waals surface area (Å²) >= 11 is 0. The molecule has 1 aliphatic rings. The molecule has 2 aromatic rings. The Bertz CT molecular complexity index is 707. The van der Waals surface area contributed by atoms with Gasteiger partial charge >= 0.3 is 0 Å². The molecule has 0 atom stereocenters. The zero-order chi connectivity index (χ0) is 18.4. The maximum atomic E-state index is 12.9. The summed E-state index contributed by atoms with van der Waals surface area (Å²) in [5.74, 6) is 1.95. The Kier molecular flexibility index (Phi) is 6.15. The van der Waals surface area contributed by atoms with Crippen molar-refractivity contribution in [3.8, 4) is 11.5 Å². The molecule has 140 valence electrons. The molecule has 3 rings (SSSR count). The number of carbonyl (C=O) groups excluding carboxylic acids is 1. The molecule has 0 bridgehead atoms. The summed E-state index contributed by atoms with van der Waals surface area (Å²) in [7, 11) is 0. The van der Waals surface area contributed by atoms with Crippen molar-refractivity contribution in [2.45, 2.75) is 33.2 Å². The van der Waals surface area contributed by atoms with Crippen LogP contribution in [0.25, 0.3) is 0 Å². The molecule has 1 aromatic heterocycles. The number of aromatic nitrogens is 2. The normalized spacial score (nSPS) is 15.1. The van der Waals surface area contributed by atoms with Crippen molar-refractivity contribution in [2.75, 3.05) is 26.3 Å². The lowest BCUT2D eigenvalue weighted by Crippen LogP contribution is -2.39. The minimum Gasteiger partial charge on any atom is -0.490 e. The number of hydrogen-bond acceptors (Lipinski definition) is 4. The lowest BCUT2D eigenvalue weighted by Gasteiger charge is -2.32. The van der Waals surface area contributed by atoms with Crippen molar-refractivity contribution in [1.82, 2.24) is 14.7 Å². The van der Waals surface area contributed by atoms with Gasteiger partial charge in [-0.1, -0.05) is 0 Å². The van der Waals surface area contributed by atoms with Gasteiger partial charge in [0.1, 0.15) is 0 Å². The summed E-state index contributed by atoms with van der Waals surface area (Å²) in [4.78, 5) is 14.8. The van der Waals surface area contributed by atoms with Gasteiger partial charge in [-0.15, -0.1) is 0 Å². The molecule has 1 saturated heterocycles. The van der Waals surface area contributed by atoms with Crippen molar-refractivity contribution < 1.29 is 14.3 Å². The number of amides is 1. The fourth-order valence-corrected chi connectivity index (χ4v) is 3.36. The number of piperidine rings is 1. The van der Waals surface area contributed by atoms with Crippen molar-refractivity contribution in [1.29, 1.82) is 0 Å². The van der Waals surface area contributed by atoms with Crippen LogP contribution >= 0.6 is 0 Å². The smallest absolute Gasteiger partial charge is 0.253 e. The first kappa shape index (κ1) is 18.3. The predicted molar refractivity (Wildman–Crippen MR) is 99.6 cm³/mol. The van der Waals surface area contributed by atoms with Crippen LogP contribution in [0.5, 0.6) is 11.5 Å². The van der Waals surface area contributed by atoms with Crippen LogP contribution in [0.1, 0.15) is 37.0 Å². The molecule has 1 aromatic carbocycles. The van der Waals surface area contributed by atoms with Crippen LogP contribution < -0.4 is 9.47 Å². The first-order valence-corrected chi connectivity index (χ1v) is 9.37. The van der Waals surface area contributed by atoms with E-state index in [-0.39, 0.29) is 5.91 Å². The van der Waals surface area contributed by atoms with Crippen LogP contribution in [0.15, 0.2) is 36.7 Å². The molecule has 0 saturated carbocycles. The molecule has 1 amide bonds. The summed E-state index contributed by atoms with van der Waals surface area (Å²) in [6, 6.07) is 7.39. The Morgan fingerprint density at radius 2 is 1.88 bits per heavy atom. The molecule has 1 fully saturated rings. The second kappa shape index (κ2) is 8.74. The summed E-state index contributed by atoms with van der Waals surface area (Å²) in [5.41, 5.74) is 0.655. The minimum atomic E-state index is 0.0616. The van der Waals surface area contributed by atoms with E-state index in [9.17, 15) is 4.79 Å². The maximum absolute atomic E-state index is 12.9. The van der Waals surface area contributed by atoms with Gasteiger partial charge in [-0.25, -0.2) is 0 Å². The summed E-state index contributed by atoms with van der Waals surface area (Å²) in [6.07, 6.45) is 5.80. The van der Waals surface area contributed by atoms with Gasteiger partial charge in [-0.3, -0.25) is 9.48 Å². The van der Waals surface area contributed by atoms with Crippen molar-refractivity contribution in [2.24, 2.45) is 5.92 Å². The van der Waals surface area contributed by atoms with Gasteiger partial charge in [-0.05, 0) is 56.9 Å². The van der Waals surface area contributed by atoms with Gasteiger partial charge < -0.3 is 14.4 Å². The fourth-order valence-electron chi connectivity index (χ4n) is 3.36. The Balaban J connectivity index is 1.61. The standard InChI is InChI=1S/C20H27N3O3/c1-3-25-18-7-6-17(14-19(18)26-4-2)20(24)22-12-8-16(9-13-22)15-23-11-5-10-21-23/h5-7,10-11,14,16H,3-4,8-9,12-13,15H2,1-2H3. The van der Waals surface area contributed by atoms with Crippen LogP contribution in [0, 0.1) is 5.92 Å². The minimum absolute atomic E-state index is 0.0616. The maximum Gasteiger partial charge on any atom is 0.253 e. The van der Waals surface area contributed by atoms with Crippen LogP contribution in [0.2, 0.25) is 0 Å². The molecule has 2 heterocycles. The number of likely N-dealkylation sites (tertiary alicyclic amines) is 1. The molecule has 0 unspecified atom stereocenters. The Hall–Kier alpha value is -2.50. The second-order valence-corrected chi connectivity index (χ2v) is 6.49. The Morgan fingerprint density at radius 3 is 2.54 bits per heavy atom. The number of benzene rings is 1. The highest BCUT2D eigenvalue weighted by molar-refractivity contribution is 5.95. The van der Waals surface area contributed by atoms with Crippen LogP contribution in [-0.2, 0) is 6.54 Å². The van der Waals surface area contributed by atoms with E-state index < -0.39 is 0 Å². The molecule has 6 nitrogen and oxygen atoms in total. The van der Waals surface area contributed by atoms with Gasteiger partial charge in [0.25, 0.3) is 5.91 Å². The van der Waals surface area contributed by atoms with Gasteiger partial charge in [0.05, 0.1) is 13.2 Å². The molecule has 0 N–H and O–H groups in total. The lowest BCUT2D eigenvalue weighted by atomic mass is 9.96. The first-order chi connectivity index (χ1) is 12.7. The fraction of sp³-hybridized carbons (Fsp3) is 0.500. The monoisotopic (exact) mass is 357 g/mol. The molecular weight excluding hydrogens is 330 g/mol. The average Bonchev–Trinajstić information content (AvgIpc) is 3.17. The van der Waals surface area contributed by atoms with Crippen LogP contribution in [0.3, 0.4) is 0 Å². The van der Waals surface area contributed by atoms with E-state index in [0.717, 1.165) is 32.5 Å². The summed E-state index contributed by atoms with van der Waals surface area (Å²) in [6.45, 7) is 7.45. The predicted octanol–water partition coefficient (Wildman–Crippen LogP) is 3.23. The van der Waals surface area contributed by atoms with E-state index in [0.29, 0.717) is 36.2 Å². The van der Waals surface area contributed by atoms with E-state index in [4.69, 9.17) is 9.47 Å². The number of nitrogens with zero attached hydrogens (tertiary/aromatic N) is 3. The average molecular weight is 357 g/mol. The summed E-state index contributed by atoms with van der Waals surface area (Å²) < 4.78 is 13.2. The number of carbonyl (C=O) groups is 1. The van der Waals surface area contributed by atoms with Crippen molar-refractivity contribution in [3.05, 3.63) is 42.2 Å². The second-order valence-electron chi connectivity index (χ2n) is 6.49. The van der Waals surface area contributed by atoms with Gasteiger partial charge in [-0.2, -0.15) is 5.10 Å². The van der Waals surface area contributed by atoms with E-state index in [2.05, 4.69) is 5.10 Å². The quantitative estimate of drug-likeness (QED) is 0.763. The Labute approximate surface area is 154 Å². The van der Waals surface area contributed by atoms with Gasteiger partial charge in [0.15, 0.2) is 11.5 Å². The zero-order valence-electron chi connectivity index (χ0n) is 15.6. The number of hydrogen-bond donors (Lipinski definition) is 0. The number of ether oxygens (including phenoxy) is 2. The third kappa shape index (κ3) is 4.36. The molecule has 0 radical (unpaired) electrons. The van der Waals surface area contributed by atoms with E-state index in [1.807, 2.05) is 47.8 Å². The third-order valence-corrected chi connectivity index (χ3v) is 4.70. The van der Waals surface area contributed by atoms with Crippen molar-refractivity contribution in [3.63, 3.8) is 0 Å². The van der Waals surface area contributed by atoms with E-state index in [1.54, 1.807) is 12.3 Å². The third-order valence-electron chi connectivity index (χ3n) is 4.70. The number of rotatable bonds is 7. The van der Waals surface area contributed by atoms with E-state index >= 15 is 0 Å². The van der Waals surface area contributed by atoms with Crippen molar-refractivity contribution >= 4 is 5.91 Å². The lowest BCUT2D eigenvalue weighted by molar-refractivity contribution is 0.0680.